The molecule has 9 heteroatoms. The second-order valence-corrected chi connectivity index (χ2v) is 9.54. The molecule has 1 amide bonds. The number of aromatic nitrogens is 1. The molecule has 2 saturated heterocycles. The fourth-order valence-corrected chi connectivity index (χ4v) is 4.83. The first kappa shape index (κ1) is 21.6. The minimum atomic E-state index is -1.02. The van der Waals surface area contributed by atoms with Crippen molar-refractivity contribution in [3.8, 4) is 16.3 Å². The van der Waals surface area contributed by atoms with Crippen molar-refractivity contribution in [3.05, 3.63) is 34.8 Å². The van der Waals surface area contributed by atoms with E-state index in [-0.39, 0.29) is 35.7 Å². The van der Waals surface area contributed by atoms with Crippen molar-refractivity contribution in [1.82, 2.24) is 9.88 Å². The number of carboxylic acid groups (broad SMARTS) is 1. The van der Waals surface area contributed by atoms with E-state index in [0.717, 1.165) is 9.88 Å². The summed E-state index contributed by atoms with van der Waals surface area (Å²) in [6, 6.07) is 4.99. The van der Waals surface area contributed by atoms with Crippen LogP contribution >= 0.6 is 11.3 Å². The Hall–Kier alpha value is -2.65. The van der Waals surface area contributed by atoms with Gasteiger partial charge in [-0.05, 0) is 39.0 Å². The van der Waals surface area contributed by atoms with Crippen LogP contribution in [-0.4, -0.2) is 65.6 Å². The topological polar surface area (TPSA) is 98.2 Å². The molecule has 1 aromatic carbocycles. The summed E-state index contributed by atoms with van der Waals surface area (Å²) in [5.41, 5.74) is 0.868. The van der Waals surface area contributed by atoms with Crippen LogP contribution in [0.5, 0.6) is 5.75 Å². The Labute approximate surface area is 184 Å². The number of carboxylic acids is 1. The SMILES string of the molecule is Cc1cnc(-c2cc(OC3C4COCC3CN(C(=O)OC(C)C)C4)cc(C(=O)O)c2)s1. The molecule has 1 aromatic heterocycles. The second-order valence-electron chi connectivity index (χ2n) is 8.30. The van der Waals surface area contributed by atoms with Crippen LogP contribution in [0.3, 0.4) is 0 Å². The maximum atomic E-state index is 12.4. The number of hydrogen-bond acceptors (Lipinski definition) is 7. The quantitative estimate of drug-likeness (QED) is 0.748. The summed E-state index contributed by atoms with van der Waals surface area (Å²) in [5.74, 6) is -0.574. The number of aromatic carboxylic acids is 1. The van der Waals surface area contributed by atoms with Crippen molar-refractivity contribution in [1.29, 1.82) is 0 Å². The predicted molar refractivity (Wildman–Crippen MR) is 115 cm³/mol. The van der Waals surface area contributed by atoms with E-state index in [1.54, 1.807) is 23.2 Å². The van der Waals surface area contributed by atoms with Gasteiger partial charge in [-0.3, -0.25) is 0 Å². The number of carbonyl (C=O) groups excluding carboxylic acids is 1. The molecule has 2 atom stereocenters. The van der Waals surface area contributed by atoms with E-state index in [1.807, 2.05) is 26.8 Å². The van der Waals surface area contributed by atoms with Gasteiger partial charge in [-0.25, -0.2) is 14.6 Å². The molecule has 2 aliphatic rings. The van der Waals surface area contributed by atoms with Gasteiger partial charge in [0.2, 0.25) is 0 Å². The number of likely N-dealkylation sites (tertiary alicyclic amines) is 1. The van der Waals surface area contributed by atoms with Crippen LogP contribution < -0.4 is 4.74 Å². The fourth-order valence-electron chi connectivity index (χ4n) is 4.08. The predicted octanol–water partition coefficient (Wildman–Crippen LogP) is 3.69. The van der Waals surface area contributed by atoms with Gasteiger partial charge in [-0.15, -0.1) is 11.3 Å². The van der Waals surface area contributed by atoms with Gasteiger partial charge < -0.3 is 24.2 Å². The molecule has 0 aliphatic carbocycles. The summed E-state index contributed by atoms with van der Waals surface area (Å²) < 4.78 is 17.4. The molecule has 166 valence electrons. The zero-order valence-corrected chi connectivity index (χ0v) is 18.6. The van der Waals surface area contributed by atoms with E-state index >= 15 is 0 Å². The van der Waals surface area contributed by atoms with Crippen LogP contribution in [0.2, 0.25) is 0 Å². The number of carbonyl (C=O) groups is 2. The van der Waals surface area contributed by atoms with Crippen LogP contribution in [-0.2, 0) is 9.47 Å². The minimum Gasteiger partial charge on any atom is -0.489 e. The highest BCUT2D eigenvalue weighted by molar-refractivity contribution is 7.14. The first-order valence-corrected chi connectivity index (χ1v) is 11.1. The summed E-state index contributed by atoms with van der Waals surface area (Å²) in [7, 11) is 0. The number of benzene rings is 1. The molecule has 2 aliphatic heterocycles. The third-order valence-electron chi connectivity index (χ3n) is 5.39. The molecule has 8 nitrogen and oxygen atoms in total. The zero-order chi connectivity index (χ0) is 22.1. The summed E-state index contributed by atoms with van der Waals surface area (Å²) in [5, 5.41) is 10.3. The maximum Gasteiger partial charge on any atom is 0.410 e. The molecule has 0 spiro atoms. The monoisotopic (exact) mass is 446 g/mol. The lowest BCUT2D eigenvalue weighted by Crippen LogP contribution is -2.58. The Morgan fingerprint density at radius 2 is 1.94 bits per heavy atom. The van der Waals surface area contributed by atoms with Crippen molar-refractivity contribution in [3.63, 3.8) is 0 Å². The Morgan fingerprint density at radius 3 is 2.52 bits per heavy atom. The average Bonchev–Trinajstić information content (AvgIpc) is 3.13. The van der Waals surface area contributed by atoms with E-state index in [9.17, 15) is 14.7 Å². The molecular weight excluding hydrogens is 420 g/mol. The third-order valence-corrected chi connectivity index (χ3v) is 6.35. The highest BCUT2D eigenvalue weighted by Crippen LogP contribution is 2.35. The number of aryl methyl sites for hydroxylation is 1. The molecule has 0 radical (unpaired) electrons. The first-order chi connectivity index (χ1) is 14.8. The minimum absolute atomic E-state index is 0.0220. The number of piperidine rings is 1. The zero-order valence-electron chi connectivity index (χ0n) is 17.7. The Bertz CT molecular complexity index is 961. The van der Waals surface area contributed by atoms with Crippen molar-refractivity contribution in [2.45, 2.75) is 33.0 Å². The Kier molecular flexibility index (Phi) is 6.15. The van der Waals surface area contributed by atoms with E-state index in [4.69, 9.17) is 14.2 Å². The van der Waals surface area contributed by atoms with Crippen LogP contribution in [0.15, 0.2) is 24.4 Å². The summed E-state index contributed by atoms with van der Waals surface area (Å²) in [6.07, 6.45) is 1.09. The number of rotatable bonds is 5. The summed E-state index contributed by atoms with van der Waals surface area (Å²) in [6.45, 7) is 7.52. The van der Waals surface area contributed by atoms with Gasteiger partial charge in [0.15, 0.2) is 0 Å². The Balaban J connectivity index is 1.56. The second kappa shape index (κ2) is 8.84. The molecule has 3 heterocycles. The molecule has 1 N–H and O–H groups in total. The van der Waals surface area contributed by atoms with E-state index in [2.05, 4.69) is 4.98 Å². The molecule has 2 aromatic rings. The number of nitrogens with zero attached hydrogens (tertiary/aromatic N) is 2. The lowest BCUT2D eigenvalue weighted by atomic mass is 9.84. The van der Waals surface area contributed by atoms with Gasteiger partial charge in [-0.2, -0.15) is 0 Å². The van der Waals surface area contributed by atoms with Gasteiger partial charge in [0, 0.05) is 41.6 Å². The highest BCUT2D eigenvalue weighted by Gasteiger charge is 2.44. The fraction of sp³-hybridized carbons (Fsp3) is 0.500. The van der Waals surface area contributed by atoms with E-state index < -0.39 is 5.97 Å². The normalized spacial score (nSPS) is 23.0. The number of thiazole rings is 1. The standard InChI is InChI=1S/C22H26N2O6S/c1-12(2)29-22(27)24-8-16-10-28-11-17(9-24)19(16)30-18-5-14(4-15(6-18)21(25)26)20-23-7-13(3)31-20/h4-7,12,16-17,19H,8-11H2,1-3H3,(H,25,26). The number of hydrogen-bond donors (Lipinski definition) is 1. The van der Waals surface area contributed by atoms with Crippen LogP contribution in [0, 0.1) is 18.8 Å². The average molecular weight is 447 g/mol. The lowest BCUT2D eigenvalue weighted by molar-refractivity contribution is -0.109. The van der Waals surface area contributed by atoms with Gasteiger partial charge in [-0.1, -0.05) is 0 Å². The summed E-state index contributed by atoms with van der Waals surface area (Å²) in [4.78, 5) is 31.2. The van der Waals surface area contributed by atoms with Gasteiger partial charge in [0.1, 0.15) is 16.9 Å². The molecule has 2 unspecified atom stereocenters. The van der Waals surface area contributed by atoms with Gasteiger partial charge >= 0.3 is 12.1 Å². The van der Waals surface area contributed by atoms with Gasteiger partial charge in [0.25, 0.3) is 0 Å². The third kappa shape index (κ3) is 4.83. The summed E-state index contributed by atoms with van der Waals surface area (Å²) >= 11 is 1.50. The number of fused-ring (bicyclic) bond motifs is 2. The van der Waals surface area contributed by atoms with Crippen molar-refractivity contribution < 1.29 is 28.9 Å². The van der Waals surface area contributed by atoms with Gasteiger partial charge in [0.05, 0.1) is 24.9 Å². The molecule has 2 fully saturated rings. The lowest BCUT2D eigenvalue weighted by Gasteiger charge is -2.46. The highest BCUT2D eigenvalue weighted by atomic mass is 32.1. The molecular formula is C22H26N2O6S. The van der Waals surface area contributed by atoms with E-state index in [0.29, 0.717) is 37.6 Å². The number of ether oxygens (including phenoxy) is 3. The largest absolute Gasteiger partial charge is 0.489 e. The van der Waals surface area contributed by atoms with Crippen molar-refractivity contribution in [2.24, 2.45) is 11.8 Å². The molecule has 0 saturated carbocycles. The Morgan fingerprint density at radius 1 is 1.23 bits per heavy atom. The molecule has 31 heavy (non-hydrogen) atoms. The van der Waals surface area contributed by atoms with Crippen molar-refractivity contribution in [2.75, 3.05) is 26.3 Å². The van der Waals surface area contributed by atoms with Crippen LogP contribution in [0.25, 0.3) is 10.6 Å². The molecule has 4 rings (SSSR count). The molecule has 2 bridgehead atoms. The van der Waals surface area contributed by atoms with E-state index in [1.165, 1.54) is 11.3 Å². The first-order valence-electron chi connectivity index (χ1n) is 10.3. The maximum absolute atomic E-state index is 12.4. The van der Waals surface area contributed by atoms with Crippen LogP contribution in [0.4, 0.5) is 4.79 Å². The van der Waals surface area contributed by atoms with Crippen LogP contribution in [0.1, 0.15) is 29.1 Å². The number of amides is 1. The smallest absolute Gasteiger partial charge is 0.410 e. The van der Waals surface area contributed by atoms with Crippen molar-refractivity contribution >= 4 is 23.4 Å².